The minimum absolute atomic E-state index is 0.117. The van der Waals surface area contributed by atoms with Crippen molar-refractivity contribution in [2.45, 2.75) is 112 Å². The standard InChI is InChI=1S/C10H20BO2.3C4H9.Sn/c1-4-7-9-12-11(6-3)13-10-8-5-2;3*1-3-4-2;/h3,6H,4-5,7-10H2,1-2H3;3*1,3-4H2,2H3;. The van der Waals surface area contributed by atoms with Crippen LogP contribution in [0.25, 0.3) is 0 Å². The van der Waals surface area contributed by atoms with E-state index in [4.69, 9.17) is 9.31 Å². The normalized spacial score (nSPS) is 12.2. The van der Waals surface area contributed by atoms with Crippen molar-refractivity contribution >= 4 is 25.5 Å². The van der Waals surface area contributed by atoms with Crippen molar-refractivity contribution in [3.05, 3.63) is 10.1 Å². The predicted octanol–water partition coefficient (Wildman–Crippen LogP) is 7.59. The van der Waals surface area contributed by atoms with Crippen LogP contribution in [0, 0.1) is 0 Å². The molecule has 0 heterocycles. The van der Waals surface area contributed by atoms with Crippen LogP contribution in [0.5, 0.6) is 0 Å². The summed E-state index contributed by atoms with van der Waals surface area (Å²) < 4.78 is 19.4. The molecule has 0 aliphatic heterocycles. The Bertz CT molecular complexity index is 291. The zero-order chi connectivity index (χ0) is 19.5. The van der Waals surface area contributed by atoms with Gasteiger partial charge in [-0.3, -0.25) is 0 Å². The summed E-state index contributed by atoms with van der Waals surface area (Å²) >= 11 is -2.22. The second-order valence-corrected chi connectivity index (χ2v) is 20.9. The van der Waals surface area contributed by atoms with E-state index in [0.717, 1.165) is 26.1 Å². The van der Waals surface area contributed by atoms with Crippen molar-refractivity contribution in [1.29, 1.82) is 0 Å². The Kier molecular flexibility index (Phi) is 19.2. The molecule has 0 aromatic carbocycles. The summed E-state index contributed by atoms with van der Waals surface area (Å²) in [6, 6.07) is 0. The van der Waals surface area contributed by atoms with Gasteiger partial charge in [-0.1, -0.05) is 0 Å². The third kappa shape index (κ3) is 13.7. The number of hydrogen-bond donors (Lipinski definition) is 0. The molecule has 0 bridgehead atoms. The van der Waals surface area contributed by atoms with Crippen LogP contribution in [0.1, 0.15) is 98.8 Å². The van der Waals surface area contributed by atoms with Crippen LogP contribution in [-0.2, 0) is 9.31 Å². The van der Waals surface area contributed by atoms with Crippen molar-refractivity contribution in [2.24, 2.45) is 0 Å². The average Bonchev–Trinajstić information content (AvgIpc) is 2.66. The Morgan fingerprint density at radius 2 is 1.00 bits per heavy atom. The molecule has 0 amide bonds. The second kappa shape index (κ2) is 18.9. The first kappa shape index (κ1) is 26.5. The first-order valence-electron chi connectivity index (χ1n) is 11.6. The van der Waals surface area contributed by atoms with Crippen molar-refractivity contribution in [2.75, 3.05) is 13.2 Å². The van der Waals surface area contributed by atoms with Gasteiger partial charge in [-0.25, -0.2) is 0 Å². The van der Waals surface area contributed by atoms with Crippen LogP contribution < -0.4 is 0 Å². The summed E-state index contributed by atoms with van der Waals surface area (Å²) in [5.74, 6) is 2.34. The number of rotatable bonds is 19. The van der Waals surface area contributed by atoms with Gasteiger partial charge in [-0.15, -0.1) is 0 Å². The summed E-state index contributed by atoms with van der Waals surface area (Å²) in [5, 5.41) is 0. The van der Waals surface area contributed by atoms with Gasteiger partial charge in [0, 0.05) is 0 Å². The fourth-order valence-corrected chi connectivity index (χ4v) is 17.6. The SMILES string of the molecule is CCCCOB(/C=[CH]\[Sn]([CH2]CCC)([CH2]CCC)[CH2]CCC)OCCCC. The topological polar surface area (TPSA) is 18.5 Å². The summed E-state index contributed by atoms with van der Waals surface area (Å²) in [6.07, 6.45) is 12.8. The molecule has 2 nitrogen and oxygen atoms in total. The molecule has 0 radical (unpaired) electrons. The van der Waals surface area contributed by atoms with Crippen LogP contribution in [0.15, 0.2) is 10.1 Å². The number of hydrogen-bond acceptors (Lipinski definition) is 2. The van der Waals surface area contributed by atoms with Gasteiger partial charge in [0.15, 0.2) is 0 Å². The van der Waals surface area contributed by atoms with E-state index < -0.39 is 18.4 Å². The van der Waals surface area contributed by atoms with E-state index in [1.807, 2.05) is 0 Å². The molecule has 0 aromatic rings. The van der Waals surface area contributed by atoms with Gasteiger partial charge in [0.2, 0.25) is 0 Å². The Hall–Kier alpha value is 0.524. The van der Waals surface area contributed by atoms with E-state index in [-0.39, 0.29) is 7.12 Å². The molecule has 26 heavy (non-hydrogen) atoms. The van der Waals surface area contributed by atoms with E-state index in [0.29, 0.717) is 0 Å². The predicted molar refractivity (Wildman–Crippen MR) is 122 cm³/mol. The fourth-order valence-electron chi connectivity index (χ4n) is 3.34. The quantitative estimate of drug-likeness (QED) is 0.142. The van der Waals surface area contributed by atoms with Crippen LogP contribution in [0.3, 0.4) is 0 Å². The minimum atomic E-state index is -2.22. The molecule has 0 unspecified atom stereocenters. The first-order chi connectivity index (χ1) is 12.7. The molecule has 0 rings (SSSR count). The Balaban J connectivity index is 5.08. The van der Waals surface area contributed by atoms with Crippen LogP contribution in [0.4, 0.5) is 0 Å². The van der Waals surface area contributed by atoms with Gasteiger partial charge in [-0.05, 0) is 0 Å². The molecule has 0 aliphatic carbocycles. The Morgan fingerprint density at radius 3 is 1.35 bits per heavy atom. The third-order valence-electron chi connectivity index (χ3n) is 5.25. The molecule has 0 aromatic heterocycles. The molecule has 0 saturated heterocycles. The van der Waals surface area contributed by atoms with E-state index in [9.17, 15) is 0 Å². The van der Waals surface area contributed by atoms with Gasteiger partial charge < -0.3 is 0 Å². The summed E-state index contributed by atoms with van der Waals surface area (Å²) in [6.45, 7) is 13.1. The van der Waals surface area contributed by atoms with Crippen molar-refractivity contribution in [3.63, 3.8) is 0 Å². The third-order valence-corrected chi connectivity index (χ3v) is 19.4. The van der Waals surface area contributed by atoms with E-state index in [1.54, 1.807) is 0 Å². The zero-order valence-electron chi connectivity index (χ0n) is 18.7. The second-order valence-electron chi connectivity index (χ2n) is 7.85. The number of unbranched alkanes of at least 4 members (excludes halogenated alkanes) is 5. The monoisotopic (exact) mass is 474 g/mol. The molecule has 4 heteroatoms. The maximum absolute atomic E-state index is 6.06. The summed E-state index contributed by atoms with van der Waals surface area (Å²) in [5.41, 5.74) is 0. The van der Waals surface area contributed by atoms with Crippen LogP contribution >= 0.6 is 0 Å². The Morgan fingerprint density at radius 1 is 0.615 bits per heavy atom. The zero-order valence-corrected chi connectivity index (χ0v) is 21.5. The average molecular weight is 473 g/mol. The molecule has 0 aliphatic rings. The molecule has 0 atom stereocenters. The molecule has 0 N–H and O–H groups in total. The van der Waals surface area contributed by atoms with Gasteiger partial charge in [0.1, 0.15) is 0 Å². The van der Waals surface area contributed by atoms with Crippen molar-refractivity contribution in [1.82, 2.24) is 0 Å². The van der Waals surface area contributed by atoms with E-state index in [1.165, 1.54) is 64.7 Å². The molecular weight excluding hydrogens is 426 g/mol. The molecular formula is C22H47BO2Sn. The van der Waals surface area contributed by atoms with Crippen molar-refractivity contribution in [3.8, 4) is 0 Å². The molecule has 0 fully saturated rings. The van der Waals surface area contributed by atoms with Gasteiger partial charge in [0.05, 0.1) is 0 Å². The summed E-state index contributed by atoms with van der Waals surface area (Å²) in [4.78, 5) is 0. The van der Waals surface area contributed by atoms with Gasteiger partial charge in [-0.2, -0.15) is 0 Å². The molecule has 0 spiro atoms. The van der Waals surface area contributed by atoms with Gasteiger partial charge >= 0.3 is 170 Å². The van der Waals surface area contributed by atoms with E-state index in [2.05, 4.69) is 44.7 Å². The maximum atomic E-state index is 6.06. The van der Waals surface area contributed by atoms with Crippen LogP contribution in [0.2, 0.25) is 13.3 Å². The molecule has 0 saturated carbocycles. The molecule has 154 valence electrons. The summed E-state index contributed by atoms with van der Waals surface area (Å²) in [7, 11) is -0.117. The van der Waals surface area contributed by atoms with E-state index >= 15 is 0 Å². The van der Waals surface area contributed by atoms with Crippen LogP contribution in [-0.4, -0.2) is 38.7 Å². The van der Waals surface area contributed by atoms with Crippen molar-refractivity contribution < 1.29 is 9.31 Å². The Labute approximate surface area is 169 Å². The van der Waals surface area contributed by atoms with Gasteiger partial charge in [0.25, 0.3) is 0 Å². The first-order valence-corrected chi connectivity index (χ1v) is 19.3. The fraction of sp³-hybridized carbons (Fsp3) is 0.909.